The molecule has 0 aromatic heterocycles. The molecule has 0 aliphatic carbocycles. The summed E-state index contributed by atoms with van der Waals surface area (Å²) < 4.78 is 23.9. The predicted molar refractivity (Wildman–Crippen MR) is 96.2 cm³/mol. The van der Waals surface area contributed by atoms with E-state index in [9.17, 15) is 13.2 Å². The van der Waals surface area contributed by atoms with E-state index in [2.05, 4.69) is 0 Å². The van der Waals surface area contributed by atoms with Crippen molar-refractivity contribution in [3.63, 3.8) is 0 Å². The lowest BCUT2D eigenvalue weighted by molar-refractivity contribution is -0.119. The number of rotatable bonds is 6. The van der Waals surface area contributed by atoms with Crippen molar-refractivity contribution < 1.29 is 13.2 Å². The third kappa shape index (κ3) is 5.96. The van der Waals surface area contributed by atoms with Crippen LogP contribution in [-0.2, 0) is 21.2 Å². The Morgan fingerprint density at radius 3 is 2.42 bits per heavy atom. The zero-order valence-electron chi connectivity index (χ0n) is 13.2. The van der Waals surface area contributed by atoms with E-state index in [0.717, 1.165) is 22.9 Å². The number of nitrogens with one attached hydrogen (secondary N) is 1. The lowest BCUT2D eigenvalue weighted by atomic mass is 10.00. The molecule has 1 atom stereocenters. The van der Waals surface area contributed by atoms with E-state index >= 15 is 0 Å². The summed E-state index contributed by atoms with van der Waals surface area (Å²) in [4.78, 5) is 11.5. The smallest absolute Gasteiger partial charge is 0.234 e. The normalized spacial score (nSPS) is 12.6. The highest BCUT2D eigenvalue weighted by molar-refractivity contribution is 7.89. The molecule has 0 fully saturated rings. The van der Waals surface area contributed by atoms with Crippen molar-refractivity contribution in [2.45, 2.75) is 18.9 Å². The van der Waals surface area contributed by atoms with Crippen molar-refractivity contribution in [1.82, 2.24) is 4.72 Å². The van der Waals surface area contributed by atoms with Crippen molar-refractivity contribution in [3.8, 4) is 11.1 Å². The van der Waals surface area contributed by atoms with Gasteiger partial charge in [0.05, 0.1) is 6.26 Å². The third-order valence-electron chi connectivity index (χ3n) is 3.36. The lowest BCUT2D eigenvalue weighted by Crippen LogP contribution is -2.35. The second-order valence-electron chi connectivity index (χ2n) is 5.67. The maximum absolute atomic E-state index is 11.5. The number of hydrogen-bond donors (Lipinski definition) is 2. The van der Waals surface area contributed by atoms with Crippen LogP contribution in [0.25, 0.3) is 11.1 Å². The third-order valence-corrected chi connectivity index (χ3v) is 4.19. The van der Waals surface area contributed by atoms with Gasteiger partial charge in [-0.25, -0.2) is 8.42 Å². The average molecular weight is 367 g/mol. The van der Waals surface area contributed by atoms with Crippen LogP contribution in [0.5, 0.6) is 0 Å². The van der Waals surface area contributed by atoms with Gasteiger partial charge in [-0.15, -0.1) is 0 Å². The fraction of sp³-hybridized carbons (Fsp3) is 0.235. The molecule has 0 aliphatic rings. The molecule has 24 heavy (non-hydrogen) atoms. The Labute approximate surface area is 146 Å². The van der Waals surface area contributed by atoms with E-state index in [-0.39, 0.29) is 6.42 Å². The SMILES string of the molecule is CS(=O)(=O)NC(=O)C[C@H](N)Cc1ccc(-c2cccc(Cl)c2)cc1. The molecule has 0 saturated heterocycles. The minimum Gasteiger partial charge on any atom is -0.327 e. The molecule has 0 unspecified atom stereocenters. The van der Waals surface area contributed by atoms with Gasteiger partial charge in [-0.1, -0.05) is 48.0 Å². The van der Waals surface area contributed by atoms with Gasteiger partial charge in [-0.05, 0) is 35.2 Å². The molecule has 128 valence electrons. The van der Waals surface area contributed by atoms with Crippen LogP contribution in [0.3, 0.4) is 0 Å². The highest BCUT2D eigenvalue weighted by Gasteiger charge is 2.13. The second-order valence-corrected chi connectivity index (χ2v) is 7.86. The number of carbonyl (C=O) groups excluding carboxylic acids is 1. The van der Waals surface area contributed by atoms with Gasteiger partial charge in [0.1, 0.15) is 0 Å². The van der Waals surface area contributed by atoms with E-state index in [4.69, 9.17) is 17.3 Å². The van der Waals surface area contributed by atoms with Crippen LogP contribution in [0, 0.1) is 0 Å². The van der Waals surface area contributed by atoms with Gasteiger partial charge in [-0.2, -0.15) is 0 Å². The van der Waals surface area contributed by atoms with Crippen molar-refractivity contribution in [2.75, 3.05) is 6.26 Å². The maximum Gasteiger partial charge on any atom is 0.234 e. The van der Waals surface area contributed by atoms with E-state index in [0.29, 0.717) is 11.4 Å². The molecule has 1 amide bonds. The van der Waals surface area contributed by atoms with Gasteiger partial charge in [-0.3, -0.25) is 9.52 Å². The van der Waals surface area contributed by atoms with Crippen molar-refractivity contribution in [3.05, 3.63) is 59.1 Å². The summed E-state index contributed by atoms with van der Waals surface area (Å²) in [5, 5.41) is 0.676. The molecule has 0 heterocycles. The van der Waals surface area contributed by atoms with Crippen LogP contribution in [0.1, 0.15) is 12.0 Å². The monoisotopic (exact) mass is 366 g/mol. The van der Waals surface area contributed by atoms with Crippen molar-refractivity contribution >= 4 is 27.5 Å². The van der Waals surface area contributed by atoms with Crippen LogP contribution in [0.4, 0.5) is 0 Å². The Balaban J connectivity index is 1.97. The Hall–Kier alpha value is -1.89. The summed E-state index contributed by atoms with van der Waals surface area (Å²) in [6, 6.07) is 14.9. The summed E-state index contributed by atoms with van der Waals surface area (Å²) >= 11 is 5.99. The summed E-state index contributed by atoms with van der Waals surface area (Å²) in [6.45, 7) is 0. The Morgan fingerprint density at radius 1 is 1.17 bits per heavy atom. The first-order valence-electron chi connectivity index (χ1n) is 7.34. The topological polar surface area (TPSA) is 89.3 Å². The van der Waals surface area contributed by atoms with Crippen LogP contribution < -0.4 is 10.5 Å². The molecular weight excluding hydrogens is 348 g/mol. The van der Waals surface area contributed by atoms with E-state index < -0.39 is 22.0 Å². The summed E-state index contributed by atoms with van der Waals surface area (Å²) in [5.41, 5.74) is 8.95. The van der Waals surface area contributed by atoms with E-state index in [1.165, 1.54) is 0 Å². The maximum atomic E-state index is 11.5. The summed E-state index contributed by atoms with van der Waals surface area (Å²) in [6.07, 6.45) is 1.36. The molecule has 5 nitrogen and oxygen atoms in total. The number of halogens is 1. The molecule has 0 aliphatic heterocycles. The quantitative estimate of drug-likeness (QED) is 0.821. The van der Waals surface area contributed by atoms with Crippen LogP contribution in [0.15, 0.2) is 48.5 Å². The molecule has 2 aromatic rings. The number of benzene rings is 2. The molecular formula is C17H19ClN2O3S. The summed E-state index contributed by atoms with van der Waals surface area (Å²) in [7, 11) is -3.55. The molecule has 0 saturated carbocycles. The van der Waals surface area contributed by atoms with Crippen molar-refractivity contribution in [1.29, 1.82) is 0 Å². The predicted octanol–water partition coefficient (Wildman–Crippen LogP) is 2.34. The number of hydrogen-bond acceptors (Lipinski definition) is 4. The largest absolute Gasteiger partial charge is 0.327 e. The minimum atomic E-state index is -3.55. The molecule has 3 N–H and O–H groups in total. The number of sulfonamides is 1. The van der Waals surface area contributed by atoms with Crippen LogP contribution in [-0.4, -0.2) is 26.6 Å². The number of nitrogens with two attached hydrogens (primary N) is 1. The first-order valence-corrected chi connectivity index (χ1v) is 9.61. The first kappa shape index (κ1) is 18.4. The molecule has 0 bridgehead atoms. The van der Waals surface area contributed by atoms with Gasteiger partial charge < -0.3 is 5.73 Å². The van der Waals surface area contributed by atoms with Crippen LogP contribution >= 0.6 is 11.6 Å². The molecule has 2 rings (SSSR count). The summed E-state index contributed by atoms with van der Waals surface area (Å²) in [5.74, 6) is -0.597. The Morgan fingerprint density at radius 2 is 1.83 bits per heavy atom. The van der Waals surface area contributed by atoms with E-state index in [1.807, 2.05) is 53.3 Å². The minimum absolute atomic E-state index is 0.0525. The molecule has 7 heteroatoms. The van der Waals surface area contributed by atoms with Crippen LogP contribution in [0.2, 0.25) is 5.02 Å². The highest BCUT2D eigenvalue weighted by atomic mass is 35.5. The number of carbonyl (C=O) groups is 1. The zero-order valence-corrected chi connectivity index (χ0v) is 14.8. The van der Waals surface area contributed by atoms with Gasteiger partial charge in [0.2, 0.25) is 15.9 Å². The fourth-order valence-electron chi connectivity index (χ4n) is 2.36. The lowest BCUT2D eigenvalue weighted by Gasteiger charge is -2.12. The second kappa shape index (κ2) is 7.79. The number of amides is 1. The standard InChI is InChI=1S/C17H19ClN2O3S/c1-24(22,23)20-17(21)11-16(19)9-12-5-7-13(8-6-12)14-3-2-4-15(18)10-14/h2-8,10,16H,9,11,19H2,1H3,(H,20,21)/t16-/m1/s1. The first-order chi connectivity index (χ1) is 11.2. The van der Waals surface area contributed by atoms with Gasteiger partial charge in [0.25, 0.3) is 0 Å². The Bertz CT molecular complexity index is 820. The Kier molecular flexibility index (Phi) is 5.99. The van der Waals surface area contributed by atoms with Gasteiger partial charge in [0, 0.05) is 17.5 Å². The van der Waals surface area contributed by atoms with Crippen molar-refractivity contribution in [2.24, 2.45) is 5.73 Å². The molecule has 0 radical (unpaired) electrons. The molecule has 0 spiro atoms. The average Bonchev–Trinajstić information content (AvgIpc) is 2.45. The van der Waals surface area contributed by atoms with Gasteiger partial charge in [0.15, 0.2) is 0 Å². The van der Waals surface area contributed by atoms with E-state index in [1.54, 1.807) is 0 Å². The van der Waals surface area contributed by atoms with Gasteiger partial charge >= 0.3 is 0 Å². The highest BCUT2D eigenvalue weighted by Crippen LogP contribution is 2.23. The fourth-order valence-corrected chi connectivity index (χ4v) is 3.05. The molecule has 2 aromatic carbocycles. The zero-order chi connectivity index (χ0) is 17.7.